The Bertz CT molecular complexity index is 250. The summed E-state index contributed by atoms with van der Waals surface area (Å²) in [5.74, 6) is 0. The van der Waals surface area contributed by atoms with Crippen LogP contribution >= 0.6 is 0 Å². The van der Waals surface area contributed by atoms with Gasteiger partial charge in [-0.2, -0.15) is 0 Å². The molecule has 0 atom stereocenters. The molecule has 1 aromatic heterocycles. The fraction of sp³-hybridized carbons (Fsp3) is 0.444. The molecule has 0 saturated heterocycles. The van der Waals surface area contributed by atoms with E-state index in [4.69, 9.17) is 0 Å². The quantitative estimate of drug-likeness (QED) is 0.699. The van der Waals surface area contributed by atoms with Gasteiger partial charge in [0.2, 0.25) is 0 Å². The van der Waals surface area contributed by atoms with Crippen molar-refractivity contribution in [3.05, 3.63) is 23.9 Å². The maximum absolute atomic E-state index is 4.44. The average molecular weight is 256 g/mol. The van der Waals surface area contributed by atoms with Crippen molar-refractivity contribution in [2.45, 2.75) is 21.7 Å². The molecule has 1 heterocycles. The molecule has 0 aliphatic carbocycles. The van der Waals surface area contributed by atoms with E-state index >= 15 is 0 Å². The summed E-state index contributed by atoms with van der Waals surface area (Å²) < 4.78 is 1.40. The Balaban J connectivity index is 3.14. The summed E-state index contributed by atoms with van der Waals surface area (Å²) in [6, 6.07) is 4.17. The molecule has 0 fully saturated rings. The summed E-state index contributed by atoms with van der Waals surface area (Å²) in [6.07, 6.45) is 1.91. The molecule has 0 aliphatic heterocycles. The molecule has 1 rings (SSSR count). The SMILES string of the molecule is Cc1cccn[c]1[Sn]([CH3])([CH3])[CH3]. The molecule has 0 bridgehead atoms. The van der Waals surface area contributed by atoms with E-state index in [1.165, 1.54) is 9.27 Å². The Kier molecular flexibility index (Phi) is 2.57. The number of hydrogen-bond donors (Lipinski definition) is 0. The summed E-state index contributed by atoms with van der Waals surface area (Å²) in [7, 11) is 0. The van der Waals surface area contributed by atoms with Gasteiger partial charge in [0.05, 0.1) is 0 Å². The van der Waals surface area contributed by atoms with E-state index in [9.17, 15) is 0 Å². The summed E-state index contributed by atoms with van der Waals surface area (Å²) >= 11 is -1.89. The van der Waals surface area contributed by atoms with Crippen molar-refractivity contribution < 1.29 is 0 Å². The van der Waals surface area contributed by atoms with Crippen molar-refractivity contribution >= 4 is 22.1 Å². The van der Waals surface area contributed by atoms with Gasteiger partial charge >= 0.3 is 72.7 Å². The van der Waals surface area contributed by atoms with E-state index in [0.29, 0.717) is 0 Å². The van der Waals surface area contributed by atoms with Crippen LogP contribution < -0.4 is 3.71 Å². The second-order valence-corrected chi connectivity index (χ2v) is 18.1. The predicted molar refractivity (Wildman–Crippen MR) is 52.0 cm³/mol. The third-order valence-corrected chi connectivity index (χ3v) is 7.27. The monoisotopic (exact) mass is 257 g/mol. The van der Waals surface area contributed by atoms with Crippen molar-refractivity contribution in [1.29, 1.82) is 0 Å². The van der Waals surface area contributed by atoms with Gasteiger partial charge < -0.3 is 0 Å². The molecule has 0 saturated carbocycles. The second kappa shape index (κ2) is 3.13. The van der Waals surface area contributed by atoms with Crippen LogP contribution in [0.4, 0.5) is 0 Å². The van der Waals surface area contributed by atoms with Crippen LogP contribution in [-0.2, 0) is 0 Å². The van der Waals surface area contributed by atoms with E-state index in [-0.39, 0.29) is 0 Å². The van der Waals surface area contributed by atoms with Gasteiger partial charge in [0.15, 0.2) is 0 Å². The third kappa shape index (κ3) is 2.19. The van der Waals surface area contributed by atoms with Crippen LogP contribution in [0.5, 0.6) is 0 Å². The molecular formula is C9H15NSn. The van der Waals surface area contributed by atoms with Gasteiger partial charge in [0.25, 0.3) is 0 Å². The summed E-state index contributed by atoms with van der Waals surface area (Å²) in [6.45, 7) is 2.16. The molecule has 0 unspecified atom stereocenters. The van der Waals surface area contributed by atoms with Gasteiger partial charge in [0, 0.05) is 0 Å². The Morgan fingerprint density at radius 3 is 2.27 bits per heavy atom. The Labute approximate surface area is 72.7 Å². The van der Waals surface area contributed by atoms with E-state index < -0.39 is 18.4 Å². The first-order valence-electron chi connectivity index (χ1n) is 3.94. The first kappa shape index (κ1) is 9.04. The van der Waals surface area contributed by atoms with Crippen LogP contribution in [0.2, 0.25) is 14.8 Å². The number of hydrogen-bond acceptors (Lipinski definition) is 1. The van der Waals surface area contributed by atoms with Gasteiger partial charge in [-0.05, 0) is 0 Å². The fourth-order valence-corrected chi connectivity index (χ4v) is 6.20. The first-order valence-corrected chi connectivity index (χ1v) is 13.9. The Morgan fingerprint density at radius 2 is 1.91 bits per heavy atom. The molecule has 11 heavy (non-hydrogen) atoms. The van der Waals surface area contributed by atoms with E-state index in [1.54, 1.807) is 0 Å². The number of nitrogens with zero attached hydrogens (tertiary/aromatic N) is 1. The second-order valence-electron chi connectivity index (χ2n) is 3.92. The molecule has 0 aromatic carbocycles. The van der Waals surface area contributed by atoms with Crippen molar-refractivity contribution in [3.63, 3.8) is 0 Å². The zero-order chi connectivity index (χ0) is 8.48. The molecule has 0 aliphatic rings. The number of pyridine rings is 1. The normalized spacial score (nSPS) is 11.6. The van der Waals surface area contributed by atoms with Crippen molar-refractivity contribution in [2.24, 2.45) is 0 Å². The van der Waals surface area contributed by atoms with Gasteiger partial charge in [-0.3, -0.25) is 0 Å². The molecule has 60 valence electrons. The van der Waals surface area contributed by atoms with E-state index in [0.717, 1.165) is 0 Å². The summed E-state index contributed by atoms with van der Waals surface area (Å²) in [4.78, 5) is 11.6. The van der Waals surface area contributed by atoms with Gasteiger partial charge in [0.1, 0.15) is 0 Å². The van der Waals surface area contributed by atoms with Gasteiger partial charge in [-0.15, -0.1) is 0 Å². The average Bonchev–Trinajstić information content (AvgIpc) is 1.86. The Hall–Kier alpha value is -0.0513. The van der Waals surface area contributed by atoms with Crippen molar-refractivity contribution in [1.82, 2.24) is 4.98 Å². The molecule has 0 radical (unpaired) electrons. The molecule has 0 N–H and O–H groups in total. The molecule has 1 aromatic rings. The standard InChI is InChI=1S/C6H6N.3CH3.Sn/c1-6-3-2-4-7-5-6;;;;/h2-4H,1H3;3*1H3;. The predicted octanol–water partition coefficient (Wildman–Crippen LogP) is 1.94. The minimum atomic E-state index is -1.89. The maximum atomic E-state index is 4.44. The zero-order valence-corrected chi connectivity index (χ0v) is 10.5. The van der Waals surface area contributed by atoms with Gasteiger partial charge in [-0.1, -0.05) is 0 Å². The van der Waals surface area contributed by atoms with Crippen molar-refractivity contribution in [2.75, 3.05) is 0 Å². The van der Waals surface area contributed by atoms with Crippen LogP contribution in [0, 0.1) is 6.92 Å². The minimum absolute atomic E-state index is 1.37. The molecular weight excluding hydrogens is 241 g/mol. The third-order valence-electron chi connectivity index (χ3n) is 1.72. The van der Waals surface area contributed by atoms with Crippen LogP contribution in [-0.4, -0.2) is 23.4 Å². The number of rotatable bonds is 1. The van der Waals surface area contributed by atoms with E-state index in [2.05, 4.69) is 32.8 Å². The topological polar surface area (TPSA) is 12.9 Å². The van der Waals surface area contributed by atoms with E-state index in [1.807, 2.05) is 12.3 Å². The van der Waals surface area contributed by atoms with Crippen molar-refractivity contribution in [3.8, 4) is 0 Å². The fourth-order valence-electron chi connectivity index (χ4n) is 1.27. The zero-order valence-electron chi connectivity index (χ0n) is 7.68. The molecule has 1 nitrogen and oxygen atoms in total. The summed E-state index contributed by atoms with van der Waals surface area (Å²) in [5.41, 5.74) is 1.37. The molecule has 2 heteroatoms. The van der Waals surface area contributed by atoms with Crippen LogP contribution in [0.3, 0.4) is 0 Å². The van der Waals surface area contributed by atoms with Crippen LogP contribution in [0.1, 0.15) is 5.56 Å². The number of aryl methyl sites for hydroxylation is 1. The van der Waals surface area contributed by atoms with Gasteiger partial charge in [-0.25, -0.2) is 0 Å². The first-order chi connectivity index (χ1) is 5.02. The molecule has 0 amide bonds. The summed E-state index contributed by atoms with van der Waals surface area (Å²) in [5, 5.41) is 0. The Morgan fingerprint density at radius 1 is 1.27 bits per heavy atom. The van der Waals surface area contributed by atoms with Crippen LogP contribution in [0.15, 0.2) is 18.3 Å². The molecule has 0 spiro atoms. The van der Waals surface area contributed by atoms with Crippen LogP contribution in [0.25, 0.3) is 0 Å². The number of aromatic nitrogens is 1.